The summed E-state index contributed by atoms with van der Waals surface area (Å²) in [6.07, 6.45) is 7.29. The van der Waals surface area contributed by atoms with Crippen molar-refractivity contribution in [2.45, 2.75) is 71.6 Å². The Balaban J connectivity index is 4.42. The molecular weight excluding hydrogens is 324 g/mol. The summed E-state index contributed by atoms with van der Waals surface area (Å²) in [4.78, 5) is 35.1. The van der Waals surface area contributed by atoms with Crippen molar-refractivity contribution in [2.24, 2.45) is 5.92 Å². The standard InChI is InChI=1S/C19H32O6/c1-4-6-8-10-12-24-17(20)14-16(15(3)18(21)22)19(23)25-13-11-9-7-5-2/h16H,3-14H2,1-2H3,(H,21,22). The summed E-state index contributed by atoms with van der Waals surface area (Å²) < 4.78 is 10.2. The number of esters is 2. The van der Waals surface area contributed by atoms with E-state index < -0.39 is 23.8 Å². The second kappa shape index (κ2) is 14.5. The lowest BCUT2D eigenvalue weighted by atomic mass is 9.97. The fourth-order valence-electron chi connectivity index (χ4n) is 2.24. The van der Waals surface area contributed by atoms with Gasteiger partial charge in [0.2, 0.25) is 0 Å². The van der Waals surface area contributed by atoms with E-state index in [0.29, 0.717) is 6.42 Å². The number of hydrogen-bond donors (Lipinski definition) is 1. The molecule has 6 heteroatoms. The first kappa shape index (κ1) is 23.1. The van der Waals surface area contributed by atoms with Crippen LogP contribution >= 0.6 is 0 Å². The van der Waals surface area contributed by atoms with E-state index >= 15 is 0 Å². The molecule has 0 aliphatic heterocycles. The van der Waals surface area contributed by atoms with Gasteiger partial charge in [0.1, 0.15) is 0 Å². The Bertz CT molecular complexity index is 430. The Kier molecular flexibility index (Phi) is 13.4. The van der Waals surface area contributed by atoms with Gasteiger partial charge in [0, 0.05) is 5.57 Å². The van der Waals surface area contributed by atoms with Gasteiger partial charge in [-0.2, -0.15) is 0 Å². The molecule has 0 aromatic heterocycles. The van der Waals surface area contributed by atoms with E-state index in [1.165, 1.54) is 0 Å². The van der Waals surface area contributed by atoms with Gasteiger partial charge in [0.05, 0.1) is 25.6 Å². The third kappa shape index (κ3) is 11.3. The predicted molar refractivity (Wildman–Crippen MR) is 95.1 cm³/mol. The quantitative estimate of drug-likeness (QED) is 0.272. The molecule has 1 atom stereocenters. The van der Waals surface area contributed by atoms with Gasteiger partial charge in [-0.15, -0.1) is 0 Å². The van der Waals surface area contributed by atoms with Crippen molar-refractivity contribution in [3.05, 3.63) is 12.2 Å². The number of aliphatic carboxylic acids is 1. The largest absolute Gasteiger partial charge is 0.478 e. The van der Waals surface area contributed by atoms with Crippen LogP contribution in [0.25, 0.3) is 0 Å². The average molecular weight is 356 g/mol. The minimum absolute atomic E-state index is 0.217. The van der Waals surface area contributed by atoms with Crippen LogP contribution in [0.1, 0.15) is 71.6 Å². The third-order valence-corrected chi connectivity index (χ3v) is 3.85. The Hall–Kier alpha value is -1.85. The number of hydrogen-bond acceptors (Lipinski definition) is 5. The van der Waals surface area contributed by atoms with Crippen molar-refractivity contribution in [2.75, 3.05) is 13.2 Å². The molecular formula is C19H32O6. The molecule has 0 saturated carbocycles. The summed E-state index contributed by atoms with van der Waals surface area (Å²) >= 11 is 0. The SMILES string of the molecule is C=C(C(=O)O)C(CC(=O)OCCCCCC)C(=O)OCCCCCC. The van der Waals surface area contributed by atoms with Crippen LogP contribution in [0, 0.1) is 5.92 Å². The number of ether oxygens (including phenoxy) is 2. The number of carboxylic acids is 1. The Labute approximate surface area is 150 Å². The van der Waals surface area contributed by atoms with Crippen LogP contribution < -0.4 is 0 Å². The molecule has 0 aliphatic carbocycles. The van der Waals surface area contributed by atoms with Crippen LogP contribution in [0.4, 0.5) is 0 Å². The lowest BCUT2D eigenvalue weighted by molar-refractivity contribution is -0.155. The van der Waals surface area contributed by atoms with Gasteiger partial charge in [-0.05, 0) is 12.8 Å². The topological polar surface area (TPSA) is 89.9 Å². The zero-order valence-electron chi connectivity index (χ0n) is 15.6. The minimum Gasteiger partial charge on any atom is -0.478 e. The molecule has 144 valence electrons. The second-order valence-corrected chi connectivity index (χ2v) is 6.10. The molecule has 0 saturated heterocycles. The van der Waals surface area contributed by atoms with Crippen molar-refractivity contribution >= 4 is 17.9 Å². The fourth-order valence-corrected chi connectivity index (χ4v) is 2.24. The van der Waals surface area contributed by atoms with Crippen LogP contribution in [-0.4, -0.2) is 36.2 Å². The molecule has 6 nitrogen and oxygen atoms in total. The highest BCUT2D eigenvalue weighted by Gasteiger charge is 2.30. The summed E-state index contributed by atoms with van der Waals surface area (Å²) in [5.74, 6) is -3.85. The number of rotatable bonds is 15. The molecule has 0 radical (unpaired) electrons. The molecule has 0 aliphatic rings. The first-order valence-electron chi connectivity index (χ1n) is 9.18. The van der Waals surface area contributed by atoms with E-state index in [4.69, 9.17) is 14.6 Å². The van der Waals surface area contributed by atoms with Crippen LogP contribution in [-0.2, 0) is 23.9 Å². The number of carbonyl (C=O) groups is 3. The average Bonchev–Trinajstić information content (AvgIpc) is 2.58. The van der Waals surface area contributed by atoms with Crippen LogP contribution in [0.5, 0.6) is 0 Å². The molecule has 25 heavy (non-hydrogen) atoms. The monoisotopic (exact) mass is 356 g/mol. The highest BCUT2D eigenvalue weighted by molar-refractivity contribution is 5.95. The minimum atomic E-state index is -1.32. The lowest BCUT2D eigenvalue weighted by Gasteiger charge is -2.15. The molecule has 0 rings (SSSR count). The normalized spacial score (nSPS) is 11.6. The van der Waals surface area contributed by atoms with Crippen molar-refractivity contribution in [3.63, 3.8) is 0 Å². The molecule has 0 spiro atoms. The first-order valence-corrected chi connectivity index (χ1v) is 9.18. The van der Waals surface area contributed by atoms with Gasteiger partial charge in [-0.3, -0.25) is 9.59 Å². The zero-order valence-corrected chi connectivity index (χ0v) is 15.6. The van der Waals surface area contributed by atoms with E-state index in [9.17, 15) is 14.4 Å². The zero-order chi connectivity index (χ0) is 19.1. The van der Waals surface area contributed by atoms with Gasteiger partial charge < -0.3 is 14.6 Å². The highest BCUT2D eigenvalue weighted by atomic mass is 16.5. The third-order valence-electron chi connectivity index (χ3n) is 3.85. The van der Waals surface area contributed by atoms with Crippen molar-refractivity contribution in [1.29, 1.82) is 0 Å². The van der Waals surface area contributed by atoms with E-state index in [1.54, 1.807) is 0 Å². The maximum absolute atomic E-state index is 12.1. The number of carbonyl (C=O) groups excluding carboxylic acids is 2. The molecule has 0 aromatic carbocycles. The molecule has 0 heterocycles. The van der Waals surface area contributed by atoms with Crippen LogP contribution in [0.2, 0.25) is 0 Å². The molecule has 1 N–H and O–H groups in total. The Morgan fingerprint density at radius 3 is 1.88 bits per heavy atom. The van der Waals surface area contributed by atoms with Crippen molar-refractivity contribution < 1.29 is 29.0 Å². The molecule has 0 aromatic rings. The predicted octanol–water partition coefficient (Wildman–Crippen LogP) is 3.88. The summed E-state index contributed by atoms with van der Waals surface area (Å²) in [6, 6.07) is 0. The summed E-state index contributed by atoms with van der Waals surface area (Å²) in [6.45, 7) is 8.05. The highest BCUT2D eigenvalue weighted by Crippen LogP contribution is 2.18. The van der Waals surface area contributed by atoms with Gasteiger partial charge in [0.15, 0.2) is 0 Å². The van der Waals surface area contributed by atoms with E-state index in [-0.39, 0.29) is 25.2 Å². The van der Waals surface area contributed by atoms with E-state index in [1.807, 2.05) is 0 Å². The van der Waals surface area contributed by atoms with Gasteiger partial charge >= 0.3 is 17.9 Å². The maximum atomic E-state index is 12.1. The van der Waals surface area contributed by atoms with Gasteiger partial charge in [-0.25, -0.2) is 4.79 Å². The summed E-state index contributed by atoms with van der Waals surface area (Å²) in [5.41, 5.74) is -0.346. The Morgan fingerprint density at radius 2 is 1.40 bits per heavy atom. The van der Waals surface area contributed by atoms with E-state index in [0.717, 1.165) is 44.9 Å². The van der Waals surface area contributed by atoms with Crippen molar-refractivity contribution in [1.82, 2.24) is 0 Å². The fraction of sp³-hybridized carbons (Fsp3) is 0.737. The van der Waals surface area contributed by atoms with Gasteiger partial charge in [-0.1, -0.05) is 59.0 Å². The Morgan fingerprint density at radius 1 is 0.880 bits per heavy atom. The lowest BCUT2D eigenvalue weighted by Crippen LogP contribution is -2.27. The summed E-state index contributed by atoms with van der Waals surface area (Å²) in [7, 11) is 0. The summed E-state index contributed by atoms with van der Waals surface area (Å²) in [5, 5.41) is 9.07. The van der Waals surface area contributed by atoms with Crippen molar-refractivity contribution in [3.8, 4) is 0 Å². The second-order valence-electron chi connectivity index (χ2n) is 6.10. The maximum Gasteiger partial charge on any atom is 0.331 e. The van der Waals surface area contributed by atoms with Crippen LogP contribution in [0.15, 0.2) is 12.2 Å². The smallest absolute Gasteiger partial charge is 0.331 e. The van der Waals surface area contributed by atoms with Crippen LogP contribution in [0.3, 0.4) is 0 Å². The number of carboxylic acid groups (broad SMARTS) is 1. The molecule has 1 unspecified atom stereocenters. The number of unbranched alkanes of at least 4 members (excludes halogenated alkanes) is 6. The van der Waals surface area contributed by atoms with E-state index in [2.05, 4.69) is 20.4 Å². The van der Waals surface area contributed by atoms with Gasteiger partial charge in [0.25, 0.3) is 0 Å². The molecule has 0 bridgehead atoms. The molecule has 0 amide bonds. The molecule has 0 fully saturated rings. The first-order chi connectivity index (χ1) is 11.9.